The van der Waals surface area contributed by atoms with Gasteiger partial charge in [-0.05, 0) is 50.9 Å². The third-order valence-electron chi connectivity index (χ3n) is 5.30. The molecule has 2 rings (SSSR count). The lowest BCUT2D eigenvalue weighted by Crippen LogP contribution is -2.48. The molecule has 2 saturated carbocycles. The Balaban J connectivity index is 1.80. The van der Waals surface area contributed by atoms with E-state index in [1.807, 2.05) is 4.90 Å². The van der Waals surface area contributed by atoms with Gasteiger partial charge in [-0.1, -0.05) is 26.2 Å². The minimum Gasteiger partial charge on any atom is -0.395 e. The molecule has 2 fully saturated rings. The first-order chi connectivity index (χ1) is 9.76. The number of aliphatic hydroxyl groups excluding tert-OH is 1. The lowest BCUT2D eigenvalue weighted by atomic mass is 9.78. The van der Waals surface area contributed by atoms with Crippen LogP contribution >= 0.6 is 0 Å². The van der Waals surface area contributed by atoms with Crippen LogP contribution in [0.15, 0.2) is 0 Å². The summed E-state index contributed by atoms with van der Waals surface area (Å²) in [6, 6.07) is 0.424. The van der Waals surface area contributed by atoms with Crippen molar-refractivity contribution in [1.82, 2.24) is 4.90 Å². The zero-order valence-electron chi connectivity index (χ0n) is 13.0. The summed E-state index contributed by atoms with van der Waals surface area (Å²) in [5.41, 5.74) is 0. The number of unbranched alkanes of at least 4 members (excludes halogenated alkanes) is 1. The predicted molar refractivity (Wildman–Crippen MR) is 81.4 cm³/mol. The zero-order valence-corrected chi connectivity index (χ0v) is 13.0. The van der Waals surface area contributed by atoms with Crippen LogP contribution in [0.25, 0.3) is 0 Å². The van der Waals surface area contributed by atoms with E-state index < -0.39 is 0 Å². The molecule has 3 heteroatoms. The first-order valence-corrected chi connectivity index (χ1v) is 8.67. The maximum absolute atomic E-state index is 12.7. The van der Waals surface area contributed by atoms with Gasteiger partial charge in [0.2, 0.25) is 5.91 Å². The summed E-state index contributed by atoms with van der Waals surface area (Å²) in [6.45, 7) is 2.90. The molecule has 0 bridgehead atoms. The highest BCUT2D eigenvalue weighted by Gasteiger charge is 2.34. The molecule has 2 aliphatic carbocycles. The monoisotopic (exact) mass is 281 g/mol. The summed E-state index contributed by atoms with van der Waals surface area (Å²) in [4.78, 5) is 14.6. The van der Waals surface area contributed by atoms with Gasteiger partial charge in [0.1, 0.15) is 0 Å². The Kier molecular flexibility index (Phi) is 6.34. The zero-order chi connectivity index (χ0) is 14.4. The predicted octanol–water partition coefficient (Wildman–Crippen LogP) is 3.36. The second-order valence-corrected chi connectivity index (χ2v) is 6.70. The highest BCUT2D eigenvalue weighted by molar-refractivity contribution is 5.79. The number of hydrogen-bond acceptors (Lipinski definition) is 2. The molecule has 116 valence electrons. The first kappa shape index (κ1) is 15.8. The number of rotatable bonds is 7. The van der Waals surface area contributed by atoms with Crippen LogP contribution in [0.1, 0.15) is 71.1 Å². The molecule has 0 atom stereocenters. The van der Waals surface area contributed by atoms with Crippen molar-refractivity contribution in [2.45, 2.75) is 77.2 Å². The van der Waals surface area contributed by atoms with Crippen molar-refractivity contribution in [1.29, 1.82) is 0 Å². The van der Waals surface area contributed by atoms with Crippen molar-refractivity contribution in [3.63, 3.8) is 0 Å². The molecule has 0 heterocycles. The average Bonchev–Trinajstić information content (AvgIpc) is 2.42. The Bertz CT molecular complexity index is 293. The van der Waals surface area contributed by atoms with Gasteiger partial charge in [-0.3, -0.25) is 4.79 Å². The Morgan fingerprint density at radius 1 is 1.15 bits per heavy atom. The fourth-order valence-corrected chi connectivity index (χ4v) is 3.70. The smallest absolute Gasteiger partial charge is 0.226 e. The van der Waals surface area contributed by atoms with Gasteiger partial charge in [-0.2, -0.15) is 0 Å². The molecule has 0 aromatic rings. The van der Waals surface area contributed by atoms with Crippen molar-refractivity contribution < 1.29 is 9.90 Å². The Morgan fingerprint density at radius 2 is 1.85 bits per heavy atom. The van der Waals surface area contributed by atoms with E-state index in [0.717, 1.165) is 31.6 Å². The van der Waals surface area contributed by atoms with Crippen LogP contribution in [0.2, 0.25) is 0 Å². The second-order valence-electron chi connectivity index (χ2n) is 6.70. The molecule has 1 amide bonds. The minimum atomic E-state index is 0.105. The third-order valence-corrected chi connectivity index (χ3v) is 5.30. The molecule has 0 aromatic carbocycles. The average molecular weight is 281 g/mol. The van der Waals surface area contributed by atoms with Crippen LogP contribution in [-0.2, 0) is 4.79 Å². The van der Waals surface area contributed by atoms with Gasteiger partial charge in [0, 0.05) is 18.5 Å². The number of hydrogen-bond donors (Lipinski definition) is 1. The summed E-state index contributed by atoms with van der Waals surface area (Å²) >= 11 is 0. The summed E-state index contributed by atoms with van der Waals surface area (Å²) in [5, 5.41) is 9.20. The molecule has 3 nitrogen and oxygen atoms in total. The van der Waals surface area contributed by atoms with E-state index >= 15 is 0 Å². The van der Waals surface area contributed by atoms with Crippen molar-refractivity contribution >= 4 is 5.91 Å². The number of amides is 1. The second kappa shape index (κ2) is 8.02. The maximum Gasteiger partial charge on any atom is 0.226 e. The topological polar surface area (TPSA) is 40.5 Å². The van der Waals surface area contributed by atoms with Gasteiger partial charge >= 0.3 is 0 Å². The Morgan fingerprint density at radius 3 is 2.35 bits per heavy atom. The van der Waals surface area contributed by atoms with Crippen LogP contribution < -0.4 is 0 Å². The first-order valence-electron chi connectivity index (χ1n) is 8.67. The highest BCUT2D eigenvalue weighted by atomic mass is 16.3. The molecule has 0 unspecified atom stereocenters. The van der Waals surface area contributed by atoms with Gasteiger partial charge in [0.15, 0.2) is 0 Å². The summed E-state index contributed by atoms with van der Waals surface area (Å²) in [6.07, 6.45) is 12.1. The van der Waals surface area contributed by atoms with Crippen molar-refractivity contribution in [3.05, 3.63) is 0 Å². The van der Waals surface area contributed by atoms with Crippen molar-refractivity contribution in [3.8, 4) is 0 Å². The molecular formula is C17H31NO2. The van der Waals surface area contributed by atoms with Crippen LogP contribution in [0, 0.1) is 11.8 Å². The van der Waals surface area contributed by atoms with E-state index in [0.29, 0.717) is 18.5 Å². The highest BCUT2D eigenvalue weighted by Crippen LogP contribution is 2.34. The number of carbonyl (C=O) groups excluding carboxylic acids is 1. The summed E-state index contributed by atoms with van der Waals surface area (Å²) in [7, 11) is 0. The molecule has 2 aliphatic rings. The lowest BCUT2D eigenvalue weighted by Gasteiger charge is -2.40. The van der Waals surface area contributed by atoms with E-state index in [4.69, 9.17) is 0 Å². The SMILES string of the molecule is CCCCC1CCC(C(=O)N(CCO)C2CCC2)CC1. The normalized spacial score (nSPS) is 27.1. The molecule has 0 saturated heterocycles. The quantitative estimate of drug-likeness (QED) is 0.777. The lowest BCUT2D eigenvalue weighted by molar-refractivity contribution is -0.141. The van der Waals surface area contributed by atoms with Crippen LogP contribution in [0.4, 0.5) is 0 Å². The van der Waals surface area contributed by atoms with E-state index in [1.54, 1.807) is 0 Å². The van der Waals surface area contributed by atoms with Crippen LogP contribution in [-0.4, -0.2) is 35.1 Å². The summed E-state index contributed by atoms with van der Waals surface area (Å²) < 4.78 is 0. The molecule has 1 N–H and O–H groups in total. The number of nitrogens with zero attached hydrogens (tertiary/aromatic N) is 1. The molecular weight excluding hydrogens is 250 g/mol. The van der Waals surface area contributed by atoms with Gasteiger partial charge in [-0.15, -0.1) is 0 Å². The van der Waals surface area contributed by atoms with Gasteiger partial charge in [-0.25, -0.2) is 0 Å². The van der Waals surface area contributed by atoms with Crippen molar-refractivity contribution in [2.75, 3.05) is 13.2 Å². The Labute approximate surface area is 123 Å². The molecule has 0 radical (unpaired) electrons. The molecule has 0 aliphatic heterocycles. The maximum atomic E-state index is 12.7. The molecule has 20 heavy (non-hydrogen) atoms. The molecule has 0 aromatic heterocycles. The van der Waals surface area contributed by atoms with Gasteiger partial charge in [0.25, 0.3) is 0 Å². The van der Waals surface area contributed by atoms with Gasteiger partial charge < -0.3 is 10.0 Å². The third kappa shape index (κ3) is 3.97. The fraction of sp³-hybridized carbons (Fsp3) is 0.941. The molecule has 0 spiro atoms. The fourth-order valence-electron chi connectivity index (χ4n) is 3.70. The van der Waals surface area contributed by atoms with E-state index in [1.165, 1.54) is 38.5 Å². The number of aliphatic hydroxyl groups is 1. The van der Waals surface area contributed by atoms with E-state index in [2.05, 4.69) is 6.92 Å². The Hall–Kier alpha value is -0.570. The largest absolute Gasteiger partial charge is 0.395 e. The minimum absolute atomic E-state index is 0.105. The summed E-state index contributed by atoms with van der Waals surface area (Å²) in [5.74, 6) is 1.42. The van der Waals surface area contributed by atoms with E-state index in [9.17, 15) is 9.90 Å². The van der Waals surface area contributed by atoms with Crippen LogP contribution in [0.5, 0.6) is 0 Å². The standard InChI is InChI=1S/C17H31NO2/c1-2-3-5-14-8-10-15(11-9-14)17(20)18(12-13-19)16-6-4-7-16/h14-16,19H,2-13H2,1H3. The number of carbonyl (C=O) groups is 1. The van der Waals surface area contributed by atoms with Crippen LogP contribution in [0.3, 0.4) is 0 Å². The van der Waals surface area contributed by atoms with E-state index in [-0.39, 0.29) is 12.5 Å². The van der Waals surface area contributed by atoms with Gasteiger partial charge in [0.05, 0.1) is 6.61 Å². The van der Waals surface area contributed by atoms with Crippen molar-refractivity contribution in [2.24, 2.45) is 11.8 Å².